The number of benzene rings is 1. The summed E-state index contributed by atoms with van der Waals surface area (Å²) in [5.41, 5.74) is 1.85. The molecule has 0 spiro atoms. The molecule has 24 heavy (non-hydrogen) atoms. The Morgan fingerprint density at radius 2 is 2.29 bits per heavy atom. The summed E-state index contributed by atoms with van der Waals surface area (Å²) in [7, 11) is 0. The topological polar surface area (TPSA) is 103 Å². The van der Waals surface area contributed by atoms with Crippen molar-refractivity contribution in [3.63, 3.8) is 0 Å². The molecular weight excluding hydrogens is 330 g/mol. The molecule has 0 saturated carbocycles. The second-order valence-corrected chi connectivity index (χ2v) is 6.54. The quantitative estimate of drug-likeness (QED) is 0.565. The maximum Gasteiger partial charge on any atom is 0.306 e. The Morgan fingerprint density at radius 1 is 1.50 bits per heavy atom. The van der Waals surface area contributed by atoms with Crippen LogP contribution in [-0.2, 0) is 11.3 Å². The number of carbonyl (C=O) groups is 1. The summed E-state index contributed by atoms with van der Waals surface area (Å²) < 4.78 is 2.41. The first kappa shape index (κ1) is 16.1. The SMILES string of the molecule is Cc1cccc2sc(NC(=O)[C@H](C)Cn3cc([N+](=O)[O-])cn3)nc12. The van der Waals surface area contributed by atoms with Gasteiger partial charge in [-0.05, 0) is 18.6 Å². The molecule has 1 N–H and O–H groups in total. The molecule has 9 heteroatoms. The largest absolute Gasteiger partial charge is 0.306 e. The summed E-state index contributed by atoms with van der Waals surface area (Å²) in [6.45, 7) is 3.96. The first-order chi connectivity index (χ1) is 11.4. The van der Waals surface area contributed by atoms with Gasteiger partial charge in [-0.1, -0.05) is 30.4 Å². The van der Waals surface area contributed by atoms with Crippen molar-refractivity contribution in [3.8, 4) is 0 Å². The van der Waals surface area contributed by atoms with E-state index in [1.165, 1.54) is 28.4 Å². The van der Waals surface area contributed by atoms with Crippen LogP contribution in [0.25, 0.3) is 10.2 Å². The molecule has 0 aliphatic carbocycles. The number of nitrogens with zero attached hydrogens (tertiary/aromatic N) is 4. The molecule has 1 amide bonds. The van der Waals surface area contributed by atoms with Crippen molar-refractivity contribution in [2.45, 2.75) is 20.4 Å². The first-order valence-corrected chi connectivity index (χ1v) is 8.09. The smallest absolute Gasteiger partial charge is 0.302 e. The van der Waals surface area contributed by atoms with Crippen molar-refractivity contribution in [2.75, 3.05) is 5.32 Å². The van der Waals surface area contributed by atoms with Crippen LogP contribution < -0.4 is 5.32 Å². The Hall–Kier alpha value is -2.81. The molecule has 0 saturated heterocycles. The van der Waals surface area contributed by atoms with Gasteiger partial charge < -0.3 is 5.32 Å². The van der Waals surface area contributed by atoms with Crippen LogP contribution >= 0.6 is 11.3 Å². The molecule has 0 unspecified atom stereocenters. The van der Waals surface area contributed by atoms with Crippen molar-refractivity contribution >= 4 is 38.3 Å². The predicted molar refractivity (Wildman–Crippen MR) is 91.0 cm³/mol. The minimum absolute atomic E-state index is 0.0933. The van der Waals surface area contributed by atoms with E-state index in [9.17, 15) is 14.9 Å². The highest BCUT2D eigenvalue weighted by molar-refractivity contribution is 7.22. The minimum Gasteiger partial charge on any atom is -0.302 e. The molecule has 0 fully saturated rings. The number of fused-ring (bicyclic) bond motifs is 1. The van der Waals surface area contributed by atoms with Crippen LogP contribution in [0.5, 0.6) is 0 Å². The summed E-state index contributed by atoms with van der Waals surface area (Å²) in [6.07, 6.45) is 2.48. The molecule has 3 aromatic rings. The van der Waals surface area contributed by atoms with E-state index in [-0.39, 0.29) is 18.1 Å². The number of nitro groups is 1. The summed E-state index contributed by atoms with van der Waals surface area (Å²) in [5.74, 6) is -0.609. The van der Waals surface area contributed by atoms with E-state index in [1.807, 2.05) is 25.1 Å². The number of hydrogen-bond acceptors (Lipinski definition) is 6. The molecule has 0 aliphatic heterocycles. The van der Waals surface area contributed by atoms with E-state index < -0.39 is 10.8 Å². The molecule has 8 nitrogen and oxygen atoms in total. The molecule has 2 heterocycles. The third kappa shape index (κ3) is 3.25. The van der Waals surface area contributed by atoms with Gasteiger partial charge in [0.1, 0.15) is 12.4 Å². The monoisotopic (exact) mass is 345 g/mol. The van der Waals surface area contributed by atoms with Gasteiger partial charge in [-0.3, -0.25) is 19.6 Å². The van der Waals surface area contributed by atoms with Crippen molar-refractivity contribution in [3.05, 3.63) is 46.3 Å². The van der Waals surface area contributed by atoms with Gasteiger partial charge in [-0.25, -0.2) is 4.98 Å². The Labute approximate surface area is 141 Å². The number of hydrogen-bond donors (Lipinski definition) is 1. The highest BCUT2D eigenvalue weighted by Gasteiger charge is 2.18. The summed E-state index contributed by atoms with van der Waals surface area (Å²) >= 11 is 1.42. The Morgan fingerprint density at radius 3 is 2.96 bits per heavy atom. The van der Waals surface area contributed by atoms with Gasteiger partial charge in [0, 0.05) is 0 Å². The number of amides is 1. The van der Waals surface area contributed by atoms with Crippen LogP contribution in [0.2, 0.25) is 0 Å². The van der Waals surface area contributed by atoms with Crippen molar-refractivity contribution in [1.82, 2.24) is 14.8 Å². The molecule has 0 aliphatic rings. The van der Waals surface area contributed by atoms with E-state index in [1.54, 1.807) is 6.92 Å². The lowest BCUT2D eigenvalue weighted by Crippen LogP contribution is -2.24. The maximum atomic E-state index is 12.3. The lowest BCUT2D eigenvalue weighted by Gasteiger charge is -2.10. The molecule has 124 valence electrons. The molecule has 0 bridgehead atoms. The number of aromatic nitrogens is 3. The van der Waals surface area contributed by atoms with Crippen LogP contribution in [0.3, 0.4) is 0 Å². The standard InChI is InChI=1S/C15H15N5O3S/c1-9-4-3-5-12-13(9)17-15(24-12)18-14(21)10(2)7-19-8-11(6-16-19)20(22)23/h3-6,8,10H,7H2,1-2H3,(H,17,18,21)/t10-/m1/s1. The zero-order chi connectivity index (χ0) is 17.3. The average Bonchev–Trinajstić information content (AvgIpc) is 3.14. The van der Waals surface area contributed by atoms with Crippen LogP contribution in [0.4, 0.5) is 10.8 Å². The number of rotatable bonds is 5. The number of carbonyl (C=O) groups excluding carboxylic acids is 1. The van der Waals surface area contributed by atoms with Gasteiger partial charge in [-0.15, -0.1) is 0 Å². The van der Waals surface area contributed by atoms with Crippen molar-refractivity contribution < 1.29 is 9.72 Å². The third-order valence-corrected chi connectivity index (χ3v) is 4.53. The molecule has 3 rings (SSSR count). The van der Waals surface area contributed by atoms with Gasteiger partial charge in [0.25, 0.3) is 0 Å². The Bertz CT molecular complexity index is 917. The molecule has 1 aromatic carbocycles. The van der Waals surface area contributed by atoms with E-state index in [2.05, 4.69) is 15.4 Å². The predicted octanol–water partition coefficient (Wildman–Crippen LogP) is 2.98. The first-order valence-electron chi connectivity index (χ1n) is 7.28. The van der Waals surface area contributed by atoms with Gasteiger partial charge in [-0.2, -0.15) is 5.10 Å². The van der Waals surface area contributed by atoms with Crippen LogP contribution in [0, 0.1) is 23.0 Å². The van der Waals surface area contributed by atoms with E-state index in [4.69, 9.17) is 0 Å². The zero-order valence-corrected chi connectivity index (χ0v) is 13.9. The van der Waals surface area contributed by atoms with E-state index >= 15 is 0 Å². The summed E-state index contributed by atoms with van der Waals surface area (Å²) in [5, 5.41) is 17.9. The number of para-hydroxylation sites is 1. The van der Waals surface area contributed by atoms with Crippen molar-refractivity contribution in [1.29, 1.82) is 0 Å². The zero-order valence-electron chi connectivity index (χ0n) is 13.1. The lowest BCUT2D eigenvalue weighted by molar-refractivity contribution is -0.385. The summed E-state index contributed by atoms with van der Waals surface area (Å²) in [6, 6.07) is 5.89. The lowest BCUT2D eigenvalue weighted by atomic mass is 10.1. The third-order valence-electron chi connectivity index (χ3n) is 3.59. The molecule has 0 radical (unpaired) electrons. The van der Waals surface area contributed by atoms with Gasteiger partial charge in [0.2, 0.25) is 5.91 Å². The van der Waals surface area contributed by atoms with Crippen molar-refractivity contribution in [2.24, 2.45) is 5.92 Å². The van der Waals surface area contributed by atoms with Crippen LogP contribution in [-0.4, -0.2) is 25.6 Å². The fraction of sp³-hybridized carbons (Fsp3) is 0.267. The highest BCUT2D eigenvalue weighted by Crippen LogP contribution is 2.28. The van der Waals surface area contributed by atoms with Crippen LogP contribution in [0.15, 0.2) is 30.6 Å². The second kappa shape index (κ2) is 6.36. The van der Waals surface area contributed by atoms with Gasteiger partial charge in [0.05, 0.1) is 27.6 Å². The van der Waals surface area contributed by atoms with E-state index in [0.29, 0.717) is 5.13 Å². The summed E-state index contributed by atoms with van der Waals surface area (Å²) in [4.78, 5) is 26.9. The Balaban J connectivity index is 1.68. The normalized spacial score (nSPS) is 12.2. The fourth-order valence-electron chi connectivity index (χ4n) is 2.28. The Kier molecular flexibility index (Phi) is 4.26. The van der Waals surface area contributed by atoms with E-state index in [0.717, 1.165) is 15.8 Å². The second-order valence-electron chi connectivity index (χ2n) is 5.51. The molecular formula is C15H15N5O3S. The minimum atomic E-state index is -0.516. The number of thiazole rings is 1. The number of nitrogens with one attached hydrogen (secondary N) is 1. The highest BCUT2D eigenvalue weighted by atomic mass is 32.1. The number of anilines is 1. The average molecular weight is 345 g/mol. The van der Waals surface area contributed by atoms with Gasteiger partial charge in [0.15, 0.2) is 5.13 Å². The molecule has 2 aromatic heterocycles. The molecule has 1 atom stereocenters. The number of aryl methyl sites for hydroxylation is 1. The fourth-order valence-corrected chi connectivity index (χ4v) is 3.23. The maximum absolute atomic E-state index is 12.3. The van der Waals surface area contributed by atoms with Gasteiger partial charge >= 0.3 is 5.69 Å². The van der Waals surface area contributed by atoms with Crippen LogP contribution in [0.1, 0.15) is 12.5 Å².